The molecule has 2 atom stereocenters. The first-order valence-electron chi connectivity index (χ1n) is 12.6. The van der Waals surface area contributed by atoms with E-state index in [1.165, 1.54) is 31.7 Å². The number of benzene rings is 1. The van der Waals surface area contributed by atoms with Crippen molar-refractivity contribution >= 4 is 11.9 Å². The Morgan fingerprint density at radius 3 is 1.97 bits per heavy atom. The van der Waals surface area contributed by atoms with E-state index in [1.54, 1.807) is 0 Å². The zero-order chi connectivity index (χ0) is 23.4. The summed E-state index contributed by atoms with van der Waals surface area (Å²) in [6.45, 7) is 4.30. The summed E-state index contributed by atoms with van der Waals surface area (Å²) in [6.07, 6.45) is 14.1. The number of carbonyl (C=O) groups excluding carboxylic acids is 1. The van der Waals surface area contributed by atoms with Crippen LogP contribution in [0.1, 0.15) is 109 Å². The molecule has 32 heavy (non-hydrogen) atoms. The molecule has 5 heteroatoms. The largest absolute Gasteiger partial charge is 0.481 e. The van der Waals surface area contributed by atoms with Crippen LogP contribution in [0.4, 0.5) is 0 Å². The Kier molecular flexibility index (Phi) is 16.4. The van der Waals surface area contributed by atoms with Gasteiger partial charge in [0.1, 0.15) is 6.10 Å². The monoisotopic (exact) mass is 448 g/mol. The number of carboxylic acid groups (broad SMARTS) is 1. The van der Waals surface area contributed by atoms with Crippen molar-refractivity contribution in [1.82, 2.24) is 0 Å². The number of hydrogen-bond acceptors (Lipinski definition) is 4. The highest BCUT2D eigenvalue weighted by Crippen LogP contribution is 2.18. The highest BCUT2D eigenvalue weighted by atomic mass is 16.5. The minimum absolute atomic E-state index is 0.00940. The average Bonchev–Trinajstić information content (AvgIpc) is 2.77. The van der Waals surface area contributed by atoms with Gasteiger partial charge in [0.2, 0.25) is 0 Å². The molecule has 2 unspecified atom stereocenters. The molecule has 0 aromatic heterocycles. The summed E-state index contributed by atoms with van der Waals surface area (Å²) in [4.78, 5) is 22.0. The summed E-state index contributed by atoms with van der Waals surface area (Å²) in [5.41, 5.74) is 1.20. The first kappa shape index (κ1) is 28.2. The normalized spacial score (nSPS) is 12.9. The molecule has 0 fully saturated rings. The van der Waals surface area contributed by atoms with Gasteiger partial charge in [-0.15, -0.1) is 0 Å². The molecule has 0 radical (unpaired) electrons. The molecule has 0 aliphatic heterocycles. The molecule has 0 bridgehead atoms. The molecule has 0 aliphatic rings. The smallest absolute Gasteiger partial charge is 0.303 e. The van der Waals surface area contributed by atoms with Gasteiger partial charge in [0, 0.05) is 13.3 Å². The van der Waals surface area contributed by atoms with Gasteiger partial charge in [0.25, 0.3) is 0 Å². The van der Waals surface area contributed by atoms with E-state index in [-0.39, 0.29) is 24.6 Å². The van der Waals surface area contributed by atoms with Crippen molar-refractivity contribution in [1.29, 1.82) is 0 Å². The van der Waals surface area contributed by atoms with Gasteiger partial charge in [-0.2, -0.15) is 0 Å². The summed E-state index contributed by atoms with van der Waals surface area (Å²) >= 11 is 0. The Morgan fingerprint density at radius 2 is 1.38 bits per heavy atom. The van der Waals surface area contributed by atoms with Crippen LogP contribution in [-0.4, -0.2) is 29.3 Å². The quantitative estimate of drug-likeness (QED) is 0.171. The number of unbranched alkanes of at least 4 members (excludes halogenated alkanes) is 7. The van der Waals surface area contributed by atoms with E-state index >= 15 is 0 Å². The Balaban J connectivity index is 2.15. The standard InChI is InChI=1S/C27H44O5/c1-3-25(31-22-24-16-11-10-12-17-24)19-15-20-26(32-23(2)28)18-13-8-6-4-5-7-9-14-21-27(29)30/h10-12,16-17,25-26H,3-9,13-15,18-22H2,1-2H3,(H,29,30). The molecule has 0 aliphatic carbocycles. The van der Waals surface area contributed by atoms with Crippen molar-refractivity contribution in [2.24, 2.45) is 0 Å². The molecule has 0 saturated heterocycles. The second kappa shape index (κ2) is 18.7. The average molecular weight is 449 g/mol. The van der Waals surface area contributed by atoms with Gasteiger partial charge >= 0.3 is 11.9 Å². The Morgan fingerprint density at radius 1 is 0.812 bits per heavy atom. The Labute approximate surface area is 194 Å². The lowest BCUT2D eigenvalue weighted by Crippen LogP contribution is -2.18. The number of ether oxygens (including phenoxy) is 2. The van der Waals surface area contributed by atoms with E-state index in [4.69, 9.17) is 14.6 Å². The second-order valence-corrected chi connectivity index (χ2v) is 8.75. The minimum Gasteiger partial charge on any atom is -0.481 e. The maximum absolute atomic E-state index is 11.5. The highest BCUT2D eigenvalue weighted by Gasteiger charge is 2.14. The highest BCUT2D eigenvalue weighted by molar-refractivity contribution is 5.66. The molecule has 1 N–H and O–H groups in total. The number of hydrogen-bond donors (Lipinski definition) is 1. The van der Waals surface area contributed by atoms with E-state index in [1.807, 2.05) is 18.2 Å². The third-order valence-corrected chi connectivity index (χ3v) is 5.84. The Bertz CT molecular complexity index is 601. The maximum atomic E-state index is 11.5. The predicted octanol–water partition coefficient (Wildman–Crippen LogP) is 7.07. The van der Waals surface area contributed by atoms with Crippen molar-refractivity contribution in [3.63, 3.8) is 0 Å². The van der Waals surface area contributed by atoms with Gasteiger partial charge in [0.05, 0.1) is 12.7 Å². The molecule has 5 nitrogen and oxygen atoms in total. The van der Waals surface area contributed by atoms with E-state index in [0.717, 1.165) is 64.2 Å². The third-order valence-electron chi connectivity index (χ3n) is 5.84. The van der Waals surface area contributed by atoms with Crippen molar-refractivity contribution in [3.05, 3.63) is 35.9 Å². The van der Waals surface area contributed by atoms with Crippen molar-refractivity contribution in [3.8, 4) is 0 Å². The lowest BCUT2D eigenvalue weighted by atomic mass is 10.0. The topological polar surface area (TPSA) is 72.8 Å². The van der Waals surface area contributed by atoms with E-state index < -0.39 is 5.97 Å². The van der Waals surface area contributed by atoms with Crippen LogP contribution in [0.15, 0.2) is 30.3 Å². The van der Waals surface area contributed by atoms with Crippen LogP contribution in [0.3, 0.4) is 0 Å². The molecule has 0 saturated carbocycles. The van der Waals surface area contributed by atoms with Crippen molar-refractivity contribution < 1.29 is 24.2 Å². The number of rotatable bonds is 20. The second-order valence-electron chi connectivity index (χ2n) is 8.75. The fourth-order valence-electron chi connectivity index (χ4n) is 3.97. The SMILES string of the molecule is CCC(CCCC(CCCCCCCCCCC(=O)O)OC(C)=O)OCc1ccccc1. The van der Waals surface area contributed by atoms with Crippen LogP contribution in [0.2, 0.25) is 0 Å². The van der Waals surface area contributed by atoms with Gasteiger partial charge in [-0.05, 0) is 50.5 Å². The first-order valence-corrected chi connectivity index (χ1v) is 12.6. The first-order chi connectivity index (χ1) is 15.5. The summed E-state index contributed by atoms with van der Waals surface area (Å²) in [7, 11) is 0. The van der Waals surface area contributed by atoms with Gasteiger partial charge in [-0.1, -0.05) is 75.8 Å². The summed E-state index contributed by atoms with van der Waals surface area (Å²) in [6, 6.07) is 10.3. The molecular weight excluding hydrogens is 404 g/mol. The Hall–Kier alpha value is -1.88. The maximum Gasteiger partial charge on any atom is 0.303 e. The molecule has 0 spiro atoms. The number of esters is 1. The van der Waals surface area contributed by atoms with Crippen LogP contribution in [-0.2, 0) is 25.7 Å². The number of aliphatic carboxylic acids is 1. The summed E-state index contributed by atoms with van der Waals surface area (Å²) in [5.74, 6) is -0.888. The number of carboxylic acids is 1. The van der Waals surface area contributed by atoms with Gasteiger partial charge in [0.15, 0.2) is 0 Å². The van der Waals surface area contributed by atoms with Gasteiger partial charge in [-0.25, -0.2) is 0 Å². The molecule has 182 valence electrons. The zero-order valence-corrected chi connectivity index (χ0v) is 20.2. The molecular formula is C27H44O5. The molecule has 0 heterocycles. The van der Waals surface area contributed by atoms with Gasteiger partial charge in [-0.3, -0.25) is 9.59 Å². The van der Waals surface area contributed by atoms with Crippen LogP contribution in [0, 0.1) is 0 Å². The lowest BCUT2D eigenvalue weighted by molar-refractivity contribution is -0.147. The molecule has 1 rings (SSSR count). The van der Waals surface area contributed by atoms with Crippen LogP contribution in [0.25, 0.3) is 0 Å². The number of carbonyl (C=O) groups is 2. The molecule has 0 amide bonds. The fraction of sp³-hybridized carbons (Fsp3) is 0.704. The van der Waals surface area contributed by atoms with Crippen molar-refractivity contribution in [2.45, 2.75) is 123 Å². The fourth-order valence-corrected chi connectivity index (χ4v) is 3.97. The van der Waals surface area contributed by atoms with Crippen LogP contribution in [0.5, 0.6) is 0 Å². The van der Waals surface area contributed by atoms with Crippen LogP contribution >= 0.6 is 0 Å². The van der Waals surface area contributed by atoms with E-state index in [2.05, 4.69) is 19.1 Å². The van der Waals surface area contributed by atoms with E-state index in [9.17, 15) is 9.59 Å². The summed E-state index contributed by atoms with van der Waals surface area (Å²) < 4.78 is 11.6. The predicted molar refractivity (Wildman–Crippen MR) is 129 cm³/mol. The molecule has 1 aromatic carbocycles. The lowest BCUT2D eigenvalue weighted by Gasteiger charge is -2.20. The van der Waals surface area contributed by atoms with Gasteiger partial charge < -0.3 is 14.6 Å². The summed E-state index contributed by atoms with van der Waals surface area (Å²) in [5, 5.41) is 8.64. The van der Waals surface area contributed by atoms with Crippen LogP contribution < -0.4 is 0 Å². The zero-order valence-electron chi connectivity index (χ0n) is 20.2. The van der Waals surface area contributed by atoms with E-state index in [0.29, 0.717) is 6.61 Å². The minimum atomic E-state index is -0.697. The third kappa shape index (κ3) is 15.9. The molecule has 1 aromatic rings. The van der Waals surface area contributed by atoms with Crippen molar-refractivity contribution in [2.75, 3.05) is 0 Å².